The Morgan fingerprint density at radius 3 is 2.38 bits per heavy atom. The lowest BCUT2D eigenvalue weighted by Gasteiger charge is -2.20. The van der Waals surface area contributed by atoms with E-state index in [1.807, 2.05) is 6.92 Å². The molecule has 0 radical (unpaired) electrons. The largest absolute Gasteiger partial charge is 0.345 e. The Bertz CT molecular complexity index is 1350. The Labute approximate surface area is 219 Å². The van der Waals surface area contributed by atoms with Gasteiger partial charge in [0, 0.05) is 23.6 Å². The summed E-state index contributed by atoms with van der Waals surface area (Å²) in [5, 5.41) is 7.36. The monoisotopic (exact) mass is 526 g/mol. The zero-order valence-electron chi connectivity index (χ0n) is 22.0. The lowest BCUT2D eigenvalue weighted by molar-refractivity contribution is -0.116. The van der Waals surface area contributed by atoms with Crippen LogP contribution in [0.1, 0.15) is 69.8 Å². The number of aromatic nitrogens is 3. The minimum absolute atomic E-state index is 0.0406. The highest BCUT2D eigenvalue weighted by atomic mass is 32.2. The molecule has 0 aliphatic heterocycles. The maximum absolute atomic E-state index is 13.3. The van der Waals surface area contributed by atoms with E-state index in [-0.39, 0.29) is 16.8 Å². The number of hydrogen-bond donors (Lipinski definition) is 1. The number of nitrogens with one attached hydrogen (secondary N) is 1. The topological polar surface area (TPSA) is 93.9 Å². The van der Waals surface area contributed by atoms with Crippen LogP contribution in [-0.2, 0) is 14.6 Å². The first-order chi connectivity index (χ1) is 17.6. The zero-order chi connectivity index (χ0) is 27.6. The Morgan fingerprint density at radius 2 is 1.84 bits per heavy atom. The highest BCUT2D eigenvalue weighted by molar-refractivity contribution is 7.90. The van der Waals surface area contributed by atoms with Gasteiger partial charge in [-0.1, -0.05) is 46.3 Å². The second-order valence-corrected chi connectivity index (χ2v) is 10.4. The fourth-order valence-corrected chi connectivity index (χ4v) is 4.25. The third kappa shape index (κ3) is 7.69. The molecule has 0 spiro atoms. The van der Waals surface area contributed by atoms with Gasteiger partial charge in [-0.15, -0.1) is 0 Å². The summed E-state index contributed by atoms with van der Waals surface area (Å²) in [6.07, 6.45) is 10.0. The molecule has 1 amide bonds. The summed E-state index contributed by atoms with van der Waals surface area (Å²) in [6.45, 7) is 11.8. The first-order valence-corrected chi connectivity index (χ1v) is 14.1. The molecule has 0 aliphatic carbocycles. The van der Waals surface area contributed by atoms with Gasteiger partial charge in [0.05, 0.1) is 23.6 Å². The highest BCUT2D eigenvalue weighted by Crippen LogP contribution is 2.26. The minimum Gasteiger partial charge on any atom is -0.345 e. The van der Waals surface area contributed by atoms with Gasteiger partial charge in [-0.3, -0.25) is 4.79 Å². The van der Waals surface area contributed by atoms with Gasteiger partial charge in [-0.25, -0.2) is 22.5 Å². The molecule has 37 heavy (non-hydrogen) atoms. The maximum Gasteiger partial charge on any atom is 0.252 e. The van der Waals surface area contributed by atoms with Crippen LogP contribution in [0.5, 0.6) is 0 Å². The fourth-order valence-electron chi connectivity index (χ4n) is 3.65. The van der Waals surface area contributed by atoms with Crippen LogP contribution in [0.25, 0.3) is 17.3 Å². The average molecular weight is 527 g/mol. The third-order valence-corrected chi connectivity index (χ3v) is 6.30. The van der Waals surface area contributed by atoms with E-state index < -0.39 is 15.9 Å². The van der Waals surface area contributed by atoms with Gasteiger partial charge in [0.25, 0.3) is 5.91 Å². The summed E-state index contributed by atoms with van der Waals surface area (Å²) < 4.78 is 38.8. The normalized spacial score (nSPS) is 12.3. The molecule has 3 aromatic rings. The summed E-state index contributed by atoms with van der Waals surface area (Å²) in [5.41, 5.74) is 2.84. The van der Waals surface area contributed by atoms with E-state index >= 15 is 0 Å². The molecule has 0 bridgehead atoms. The standard InChI is InChI=1S/C25H27FN4O3S.C3H8/c1-5-8-22(17-13-14-27-24(15-17)34(4,32)33)29-25(31)20(6-2)21-16-28-30(23(21)7-3)19-11-9-18(26)10-12-19;1-3-2/h6-7,9-16,22H,3,5,8H2,1-2,4H3,(H,29,31);3H2,1-2H3/b20-6+;. The number of amides is 1. The lowest BCUT2D eigenvalue weighted by Crippen LogP contribution is -2.29. The molecule has 2 heterocycles. The van der Waals surface area contributed by atoms with Crippen molar-refractivity contribution in [1.82, 2.24) is 20.1 Å². The van der Waals surface area contributed by atoms with E-state index in [0.29, 0.717) is 34.5 Å². The van der Waals surface area contributed by atoms with Crippen LogP contribution in [0.3, 0.4) is 0 Å². The van der Waals surface area contributed by atoms with Crippen molar-refractivity contribution >= 4 is 27.4 Å². The van der Waals surface area contributed by atoms with E-state index in [1.54, 1.807) is 48.2 Å². The van der Waals surface area contributed by atoms with E-state index in [4.69, 9.17) is 0 Å². The second-order valence-electron chi connectivity index (χ2n) is 8.46. The Hall–Kier alpha value is -3.59. The van der Waals surface area contributed by atoms with Crippen molar-refractivity contribution in [2.75, 3.05) is 6.26 Å². The van der Waals surface area contributed by atoms with Crippen LogP contribution in [0.4, 0.5) is 4.39 Å². The summed E-state index contributed by atoms with van der Waals surface area (Å²) >= 11 is 0. The number of pyridine rings is 1. The van der Waals surface area contributed by atoms with Crippen molar-refractivity contribution in [3.05, 3.63) is 84.1 Å². The zero-order valence-corrected chi connectivity index (χ0v) is 22.8. The van der Waals surface area contributed by atoms with Crippen LogP contribution in [-0.4, -0.2) is 35.3 Å². The van der Waals surface area contributed by atoms with E-state index in [2.05, 4.69) is 35.8 Å². The molecule has 0 fully saturated rings. The predicted molar refractivity (Wildman–Crippen MR) is 146 cm³/mol. The van der Waals surface area contributed by atoms with Gasteiger partial charge in [0.2, 0.25) is 0 Å². The van der Waals surface area contributed by atoms with Gasteiger partial charge in [0.1, 0.15) is 5.82 Å². The SMILES string of the molecule is C=Cc1c(/C(=C\C)C(=O)NC(CCC)c2ccnc(S(C)(=O)=O)c2)cnn1-c1ccc(F)cc1.CCC. The Morgan fingerprint density at radius 1 is 1.19 bits per heavy atom. The van der Waals surface area contributed by atoms with Crippen LogP contribution in [0.15, 0.2) is 66.5 Å². The summed E-state index contributed by atoms with van der Waals surface area (Å²) in [5.74, 6) is -0.692. The molecule has 2 aromatic heterocycles. The van der Waals surface area contributed by atoms with Crippen molar-refractivity contribution in [1.29, 1.82) is 0 Å². The van der Waals surface area contributed by atoms with Crippen LogP contribution in [0, 0.1) is 5.82 Å². The number of carbonyl (C=O) groups excluding carboxylic acids is 1. The highest BCUT2D eigenvalue weighted by Gasteiger charge is 2.22. The van der Waals surface area contributed by atoms with Crippen LogP contribution >= 0.6 is 0 Å². The number of allylic oxidation sites excluding steroid dienone is 1. The molecule has 0 aliphatic rings. The quantitative estimate of drug-likeness (QED) is 0.349. The van der Waals surface area contributed by atoms with Crippen molar-refractivity contribution in [2.24, 2.45) is 0 Å². The van der Waals surface area contributed by atoms with Gasteiger partial charge in [0.15, 0.2) is 14.9 Å². The molecule has 1 atom stereocenters. The maximum atomic E-state index is 13.3. The molecule has 1 N–H and O–H groups in total. The number of benzene rings is 1. The number of sulfone groups is 1. The first kappa shape index (κ1) is 29.6. The van der Waals surface area contributed by atoms with Crippen molar-refractivity contribution in [3.8, 4) is 5.69 Å². The van der Waals surface area contributed by atoms with Gasteiger partial charge in [-0.2, -0.15) is 5.10 Å². The molecule has 198 valence electrons. The van der Waals surface area contributed by atoms with E-state index in [9.17, 15) is 17.6 Å². The number of nitrogens with zero attached hydrogens (tertiary/aromatic N) is 3. The fraction of sp³-hybridized carbons (Fsp3) is 0.321. The number of halogens is 1. The molecule has 1 unspecified atom stereocenters. The molecule has 3 rings (SSSR count). The van der Waals surface area contributed by atoms with Crippen LogP contribution < -0.4 is 5.32 Å². The molecule has 1 aromatic carbocycles. The summed E-state index contributed by atoms with van der Waals surface area (Å²) in [4.78, 5) is 17.3. The van der Waals surface area contributed by atoms with Crippen molar-refractivity contribution in [3.63, 3.8) is 0 Å². The van der Waals surface area contributed by atoms with Gasteiger partial charge in [-0.05, 0) is 61.4 Å². The van der Waals surface area contributed by atoms with Gasteiger partial charge >= 0.3 is 0 Å². The Kier molecular flexibility index (Phi) is 10.9. The summed E-state index contributed by atoms with van der Waals surface area (Å²) in [6, 6.07) is 8.64. The number of hydrogen-bond acceptors (Lipinski definition) is 5. The predicted octanol–water partition coefficient (Wildman–Crippen LogP) is 5.93. The van der Waals surface area contributed by atoms with Crippen molar-refractivity contribution in [2.45, 2.75) is 58.0 Å². The third-order valence-electron chi connectivity index (χ3n) is 5.32. The second kappa shape index (κ2) is 13.6. The number of carbonyl (C=O) groups is 1. The molecule has 0 saturated carbocycles. The average Bonchev–Trinajstić information content (AvgIpc) is 3.28. The molecule has 9 heteroatoms. The minimum atomic E-state index is -3.48. The van der Waals surface area contributed by atoms with Gasteiger partial charge < -0.3 is 5.32 Å². The van der Waals surface area contributed by atoms with E-state index in [0.717, 1.165) is 12.7 Å². The Balaban J connectivity index is 0.00000153. The van der Waals surface area contributed by atoms with E-state index in [1.165, 1.54) is 30.8 Å². The molecule has 0 saturated heterocycles. The lowest BCUT2D eigenvalue weighted by atomic mass is 10.0. The molecular formula is C28H35FN4O3S. The first-order valence-electron chi connectivity index (χ1n) is 12.2. The van der Waals surface area contributed by atoms with Crippen molar-refractivity contribution < 1.29 is 17.6 Å². The summed E-state index contributed by atoms with van der Waals surface area (Å²) in [7, 11) is -3.48. The van der Waals surface area contributed by atoms with Crippen LogP contribution in [0.2, 0.25) is 0 Å². The molecular weight excluding hydrogens is 491 g/mol. The smallest absolute Gasteiger partial charge is 0.252 e. The number of rotatable bonds is 9. The molecule has 7 nitrogen and oxygen atoms in total.